The zero-order valence-electron chi connectivity index (χ0n) is 16.1. The maximum Gasteiger partial charge on any atom is 0.248 e. The van der Waals surface area contributed by atoms with Gasteiger partial charge in [0.15, 0.2) is 0 Å². The molecule has 7 nitrogen and oxygen atoms in total. The molecule has 1 atom stereocenters. The quantitative estimate of drug-likeness (QED) is 0.721. The molecule has 7 heteroatoms. The van der Waals surface area contributed by atoms with Crippen molar-refractivity contribution in [3.05, 3.63) is 29.8 Å². The number of nitrogens with one attached hydrogen (secondary N) is 1. The zero-order chi connectivity index (χ0) is 19.3. The molecule has 2 aliphatic rings. The maximum atomic E-state index is 11.7. The third-order valence-corrected chi connectivity index (χ3v) is 5.84. The molecule has 0 saturated carbocycles. The minimum absolute atomic E-state index is 0.100. The van der Waals surface area contributed by atoms with Gasteiger partial charge in [0.05, 0.1) is 6.61 Å². The van der Waals surface area contributed by atoms with Gasteiger partial charge in [-0.25, -0.2) is 0 Å². The molecule has 3 rings (SSSR count). The number of carbonyl (C=O) groups excluding carboxylic acids is 2. The van der Waals surface area contributed by atoms with Gasteiger partial charge in [-0.05, 0) is 50.6 Å². The van der Waals surface area contributed by atoms with E-state index in [0.29, 0.717) is 18.6 Å². The molecule has 1 aromatic carbocycles. The molecule has 0 aromatic heterocycles. The van der Waals surface area contributed by atoms with Crippen LogP contribution in [0.2, 0.25) is 0 Å². The lowest BCUT2D eigenvalue weighted by Crippen LogP contribution is -2.61. The zero-order valence-corrected chi connectivity index (χ0v) is 16.1. The first-order chi connectivity index (χ1) is 13.0. The van der Waals surface area contributed by atoms with Crippen LogP contribution in [0.25, 0.3) is 0 Å². The van der Waals surface area contributed by atoms with Crippen LogP contribution in [0.1, 0.15) is 36.0 Å². The molecular weight excluding hydrogens is 344 g/mol. The van der Waals surface area contributed by atoms with Gasteiger partial charge >= 0.3 is 0 Å². The fraction of sp³-hybridized carbons (Fsp3) is 0.600. The molecule has 0 bridgehead atoms. The number of benzene rings is 1. The van der Waals surface area contributed by atoms with Crippen molar-refractivity contribution >= 4 is 11.8 Å². The Morgan fingerprint density at radius 1 is 1.26 bits per heavy atom. The summed E-state index contributed by atoms with van der Waals surface area (Å²) >= 11 is 0. The van der Waals surface area contributed by atoms with Crippen molar-refractivity contribution in [1.82, 2.24) is 15.1 Å². The summed E-state index contributed by atoms with van der Waals surface area (Å²) in [6.45, 7) is 5.47. The Balaban J connectivity index is 1.45. The number of nitrogens with two attached hydrogens (primary N) is 1. The van der Waals surface area contributed by atoms with Crippen molar-refractivity contribution in [3.8, 4) is 5.75 Å². The summed E-state index contributed by atoms with van der Waals surface area (Å²) in [5.74, 6) is 0.498. The summed E-state index contributed by atoms with van der Waals surface area (Å²) in [5, 5.41) is 3.00. The second-order valence-corrected chi connectivity index (χ2v) is 7.61. The van der Waals surface area contributed by atoms with Crippen LogP contribution in [0.5, 0.6) is 5.75 Å². The van der Waals surface area contributed by atoms with E-state index in [1.54, 1.807) is 24.3 Å². The lowest BCUT2D eigenvalue weighted by Gasteiger charge is -2.49. The van der Waals surface area contributed by atoms with Crippen molar-refractivity contribution in [2.45, 2.75) is 31.2 Å². The first kappa shape index (κ1) is 19.6. The van der Waals surface area contributed by atoms with Crippen LogP contribution in [0.3, 0.4) is 0 Å². The Bertz CT molecular complexity index is 664. The number of ether oxygens (including phenoxy) is 1. The van der Waals surface area contributed by atoms with Crippen molar-refractivity contribution in [2.24, 2.45) is 5.73 Å². The predicted octanol–water partition coefficient (Wildman–Crippen LogP) is 0.841. The van der Waals surface area contributed by atoms with Crippen molar-refractivity contribution in [1.29, 1.82) is 0 Å². The number of hydrogen-bond donors (Lipinski definition) is 2. The summed E-state index contributed by atoms with van der Waals surface area (Å²) in [6, 6.07) is 6.92. The van der Waals surface area contributed by atoms with Gasteiger partial charge in [0.2, 0.25) is 11.8 Å². The highest BCUT2D eigenvalue weighted by atomic mass is 16.5. The monoisotopic (exact) mass is 374 g/mol. The van der Waals surface area contributed by atoms with Crippen LogP contribution < -0.4 is 15.8 Å². The summed E-state index contributed by atoms with van der Waals surface area (Å²) in [6.07, 6.45) is 3.49. The molecule has 3 N–H and O–H groups in total. The molecule has 148 valence electrons. The molecule has 1 unspecified atom stereocenters. The molecule has 2 heterocycles. The molecule has 2 saturated heterocycles. The van der Waals surface area contributed by atoms with Gasteiger partial charge in [-0.1, -0.05) is 0 Å². The first-order valence-electron chi connectivity index (χ1n) is 9.71. The maximum absolute atomic E-state index is 11.7. The smallest absolute Gasteiger partial charge is 0.248 e. The fourth-order valence-electron chi connectivity index (χ4n) is 4.06. The van der Waals surface area contributed by atoms with Gasteiger partial charge in [-0.3, -0.25) is 14.5 Å². The average molecular weight is 374 g/mol. The molecule has 2 amide bonds. The molecular formula is C20H30N4O3. The van der Waals surface area contributed by atoms with Crippen molar-refractivity contribution in [2.75, 3.05) is 46.4 Å². The largest absolute Gasteiger partial charge is 0.494 e. The number of likely N-dealkylation sites (N-methyl/N-ethyl adjacent to an activating group) is 1. The van der Waals surface area contributed by atoms with E-state index in [4.69, 9.17) is 10.5 Å². The van der Waals surface area contributed by atoms with E-state index in [2.05, 4.69) is 22.2 Å². The van der Waals surface area contributed by atoms with Gasteiger partial charge < -0.3 is 20.7 Å². The topological polar surface area (TPSA) is 87.9 Å². The number of rotatable bonds is 6. The minimum atomic E-state index is -0.430. The lowest BCUT2D eigenvalue weighted by atomic mass is 9.86. The van der Waals surface area contributed by atoms with Gasteiger partial charge in [0.1, 0.15) is 5.75 Å². The third kappa shape index (κ3) is 4.99. The summed E-state index contributed by atoms with van der Waals surface area (Å²) < 4.78 is 5.78. The van der Waals surface area contributed by atoms with Crippen LogP contribution in [-0.2, 0) is 4.79 Å². The normalized spacial score (nSPS) is 24.4. The number of piperazine rings is 1. The molecule has 1 aromatic rings. The Morgan fingerprint density at radius 3 is 2.78 bits per heavy atom. The molecule has 1 spiro atoms. The van der Waals surface area contributed by atoms with Gasteiger partial charge in [-0.2, -0.15) is 0 Å². The highest BCUT2D eigenvalue weighted by Gasteiger charge is 2.40. The van der Waals surface area contributed by atoms with Crippen LogP contribution in [0.4, 0.5) is 0 Å². The Kier molecular flexibility index (Phi) is 6.34. The van der Waals surface area contributed by atoms with Crippen molar-refractivity contribution in [3.63, 3.8) is 0 Å². The summed E-state index contributed by atoms with van der Waals surface area (Å²) in [4.78, 5) is 27.7. The molecule has 27 heavy (non-hydrogen) atoms. The van der Waals surface area contributed by atoms with E-state index < -0.39 is 5.91 Å². The number of carbonyl (C=O) groups is 2. The summed E-state index contributed by atoms with van der Waals surface area (Å²) in [5.41, 5.74) is 5.83. The van der Waals surface area contributed by atoms with Crippen LogP contribution in [-0.4, -0.2) is 73.5 Å². The van der Waals surface area contributed by atoms with Gasteiger partial charge in [-0.15, -0.1) is 0 Å². The van der Waals surface area contributed by atoms with Gasteiger partial charge in [0, 0.05) is 50.2 Å². The standard InChI is InChI=1S/C20H30N4O3/c1-23-12-13-24(15-20(23)8-7-18(25)22-10-9-20)11-2-14-27-17-5-3-16(4-6-17)19(21)26/h3-6H,2,7-15H2,1H3,(H2,21,26)(H,22,25). The predicted molar refractivity (Wildman–Crippen MR) is 104 cm³/mol. The number of hydrogen-bond acceptors (Lipinski definition) is 5. The van der Waals surface area contributed by atoms with E-state index in [1.165, 1.54) is 0 Å². The molecule has 0 radical (unpaired) electrons. The molecule has 2 aliphatic heterocycles. The second-order valence-electron chi connectivity index (χ2n) is 7.61. The van der Waals surface area contributed by atoms with E-state index >= 15 is 0 Å². The number of nitrogens with zero attached hydrogens (tertiary/aromatic N) is 2. The Morgan fingerprint density at radius 2 is 2.04 bits per heavy atom. The Hall–Kier alpha value is -2.12. The van der Waals surface area contributed by atoms with Crippen LogP contribution >= 0.6 is 0 Å². The second kappa shape index (κ2) is 8.71. The first-order valence-corrected chi connectivity index (χ1v) is 9.71. The molecule has 2 fully saturated rings. The minimum Gasteiger partial charge on any atom is -0.494 e. The van der Waals surface area contributed by atoms with Crippen LogP contribution in [0, 0.1) is 0 Å². The lowest BCUT2D eigenvalue weighted by molar-refractivity contribution is -0.121. The Labute approximate surface area is 160 Å². The number of amides is 2. The van der Waals surface area contributed by atoms with E-state index in [9.17, 15) is 9.59 Å². The van der Waals surface area contributed by atoms with Crippen LogP contribution in [0.15, 0.2) is 24.3 Å². The summed E-state index contributed by atoms with van der Waals surface area (Å²) in [7, 11) is 2.19. The highest BCUT2D eigenvalue weighted by molar-refractivity contribution is 5.92. The molecule has 0 aliphatic carbocycles. The highest BCUT2D eigenvalue weighted by Crippen LogP contribution is 2.30. The fourth-order valence-corrected chi connectivity index (χ4v) is 4.06. The van der Waals surface area contributed by atoms with Gasteiger partial charge in [0.25, 0.3) is 0 Å². The SMILES string of the molecule is CN1CCN(CCCOc2ccc(C(N)=O)cc2)CC12CCNC(=O)CC2. The number of primary amides is 1. The average Bonchev–Trinajstić information content (AvgIpc) is 2.84. The third-order valence-electron chi connectivity index (χ3n) is 5.84. The van der Waals surface area contributed by atoms with E-state index in [1.807, 2.05) is 0 Å². The van der Waals surface area contributed by atoms with E-state index in [0.717, 1.165) is 57.7 Å². The van der Waals surface area contributed by atoms with E-state index in [-0.39, 0.29) is 11.4 Å². The van der Waals surface area contributed by atoms with Crippen molar-refractivity contribution < 1.29 is 14.3 Å².